The van der Waals surface area contributed by atoms with Crippen LogP contribution in [0.4, 0.5) is 5.13 Å². The number of furan rings is 1. The van der Waals surface area contributed by atoms with Gasteiger partial charge in [-0.15, -0.1) is 11.3 Å². The van der Waals surface area contributed by atoms with Crippen molar-refractivity contribution >= 4 is 28.3 Å². The number of aromatic nitrogens is 1. The van der Waals surface area contributed by atoms with E-state index in [-0.39, 0.29) is 24.0 Å². The number of ether oxygens (including phenoxy) is 1. The van der Waals surface area contributed by atoms with Gasteiger partial charge >= 0.3 is 0 Å². The van der Waals surface area contributed by atoms with Gasteiger partial charge in [0.1, 0.15) is 12.4 Å². The zero-order valence-corrected chi connectivity index (χ0v) is 17.9. The molecule has 2 aromatic carbocycles. The van der Waals surface area contributed by atoms with E-state index in [9.17, 15) is 9.59 Å². The highest BCUT2D eigenvalue weighted by Crippen LogP contribution is 2.17. The fourth-order valence-electron chi connectivity index (χ4n) is 2.88. The summed E-state index contributed by atoms with van der Waals surface area (Å²) in [6, 6.07) is 20.8. The Bertz CT molecular complexity index is 1160. The monoisotopic (exact) mass is 447 g/mol. The van der Waals surface area contributed by atoms with Crippen LogP contribution in [-0.4, -0.2) is 16.8 Å². The first-order valence-corrected chi connectivity index (χ1v) is 10.9. The van der Waals surface area contributed by atoms with Gasteiger partial charge in [0.05, 0.1) is 18.4 Å². The smallest absolute Gasteiger partial charge is 0.293 e. The molecule has 7 nitrogen and oxygen atoms in total. The number of amides is 2. The Labute approximate surface area is 189 Å². The molecular formula is C24H21N3O4S. The fraction of sp³-hybridized carbons (Fsp3) is 0.125. The fourth-order valence-corrected chi connectivity index (χ4v) is 3.59. The van der Waals surface area contributed by atoms with Gasteiger partial charge in [-0.05, 0) is 35.4 Å². The number of nitrogens with zero attached hydrogens (tertiary/aromatic N) is 1. The molecule has 0 atom stereocenters. The summed E-state index contributed by atoms with van der Waals surface area (Å²) in [5, 5.41) is 7.70. The molecule has 8 heteroatoms. The summed E-state index contributed by atoms with van der Waals surface area (Å²) in [6.45, 7) is 0.915. The van der Waals surface area contributed by atoms with Gasteiger partial charge in [-0.1, -0.05) is 42.5 Å². The van der Waals surface area contributed by atoms with E-state index in [1.807, 2.05) is 54.6 Å². The first-order valence-electron chi connectivity index (χ1n) is 9.97. The van der Waals surface area contributed by atoms with Crippen LogP contribution in [0.1, 0.15) is 27.4 Å². The summed E-state index contributed by atoms with van der Waals surface area (Å²) in [5.74, 6) is 0.451. The molecule has 0 aliphatic carbocycles. The van der Waals surface area contributed by atoms with Gasteiger partial charge in [0.15, 0.2) is 10.9 Å². The maximum absolute atomic E-state index is 12.3. The lowest BCUT2D eigenvalue weighted by molar-refractivity contribution is -0.120. The van der Waals surface area contributed by atoms with Crippen molar-refractivity contribution in [1.82, 2.24) is 10.3 Å². The minimum Gasteiger partial charge on any atom is -0.489 e. The van der Waals surface area contributed by atoms with Crippen molar-refractivity contribution in [2.75, 3.05) is 5.32 Å². The van der Waals surface area contributed by atoms with Crippen molar-refractivity contribution in [3.8, 4) is 5.75 Å². The van der Waals surface area contributed by atoms with Gasteiger partial charge in [0, 0.05) is 11.9 Å². The minimum atomic E-state index is -0.378. The summed E-state index contributed by atoms with van der Waals surface area (Å²) in [5.41, 5.74) is 2.66. The Hall–Kier alpha value is -3.91. The second kappa shape index (κ2) is 10.4. The molecule has 0 radical (unpaired) electrons. The standard InChI is InChI=1S/C24H21N3O4S/c28-22(13-19-16-32-24(26-19)27-23(29)21-7-4-12-30-21)25-14-17-8-10-20(11-9-17)31-15-18-5-2-1-3-6-18/h1-12,16H,13-15H2,(H,25,28)(H,26,27,29). The van der Waals surface area contributed by atoms with Crippen LogP contribution in [0, 0.1) is 0 Å². The van der Waals surface area contributed by atoms with Gasteiger partial charge in [0.2, 0.25) is 5.91 Å². The first kappa shape index (κ1) is 21.3. The molecule has 32 heavy (non-hydrogen) atoms. The number of rotatable bonds is 9. The van der Waals surface area contributed by atoms with Gasteiger partial charge in [0.25, 0.3) is 5.91 Å². The molecule has 4 rings (SSSR count). The lowest BCUT2D eigenvalue weighted by Crippen LogP contribution is -2.24. The third-order valence-electron chi connectivity index (χ3n) is 4.52. The van der Waals surface area contributed by atoms with Gasteiger partial charge < -0.3 is 14.5 Å². The van der Waals surface area contributed by atoms with E-state index in [0.29, 0.717) is 24.0 Å². The Morgan fingerprint density at radius 1 is 0.969 bits per heavy atom. The van der Waals surface area contributed by atoms with E-state index >= 15 is 0 Å². The molecule has 0 aliphatic rings. The number of carbonyl (C=O) groups is 2. The van der Waals surface area contributed by atoms with Gasteiger partial charge in [-0.2, -0.15) is 0 Å². The molecule has 4 aromatic rings. The quantitative estimate of drug-likeness (QED) is 0.396. The van der Waals surface area contributed by atoms with Crippen LogP contribution in [0.3, 0.4) is 0 Å². The Balaban J connectivity index is 1.21. The van der Waals surface area contributed by atoms with E-state index in [0.717, 1.165) is 16.9 Å². The maximum Gasteiger partial charge on any atom is 0.293 e. The number of nitrogens with one attached hydrogen (secondary N) is 2. The third-order valence-corrected chi connectivity index (χ3v) is 5.33. The average molecular weight is 448 g/mol. The van der Waals surface area contributed by atoms with Crippen LogP contribution in [0.2, 0.25) is 0 Å². The van der Waals surface area contributed by atoms with Gasteiger partial charge in [-0.25, -0.2) is 4.98 Å². The highest BCUT2D eigenvalue weighted by molar-refractivity contribution is 7.14. The Morgan fingerprint density at radius 2 is 1.78 bits per heavy atom. The van der Waals surface area contributed by atoms with Crippen LogP contribution in [-0.2, 0) is 24.4 Å². The van der Waals surface area contributed by atoms with E-state index < -0.39 is 0 Å². The molecule has 2 heterocycles. The molecule has 0 aliphatic heterocycles. The van der Waals surface area contributed by atoms with E-state index in [2.05, 4.69) is 15.6 Å². The topological polar surface area (TPSA) is 93.5 Å². The summed E-state index contributed by atoms with van der Waals surface area (Å²) in [7, 11) is 0. The summed E-state index contributed by atoms with van der Waals surface area (Å²) >= 11 is 1.26. The maximum atomic E-state index is 12.3. The SMILES string of the molecule is O=C(Cc1csc(NC(=O)c2ccco2)n1)NCc1ccc(OCc2ccccc2)cc1. The summed E-state index contributed by atoms with van der Waals surface area (Å²) < 4.78 is 10.8. The second-order valence-electron chi connectivity index (χ2n) is 6.95. The van der Waals surface area contributed by atoms with E-state index in [1.54, 1.807) is 17.5 Å². The average Bonchev–Trinajstić information content (AvgIpc) is 3.50. The predicted octanol–water partition coefficient (Wildman–Crippen LogP) is 4.43. The van der Waals surface area contributed by atoms with Crippen molar-refractivity contribution in [2.24, 2.45) is 0 Å². The summed E-state index contributed by atoms with van der Waals surface area (Å²) in [4.78, 5) is 28.5. The van der Waals surface area contributed by atoms with Crippen LogP contribution in [0.25, 0.3) is 0 Å². The minimum absolute atomic E-state index is 0.130. The number of hydrogen-bond donors (Lipinski definition) is 2. The van der Waals surface area contributed by atoms with E-state index in [4.69, 9.17) is 9.15 Å². The molecule has 2 aromatic heterocycles. The van der Waals surface area contributed by atoms with Gasteiger partial charge in [-0.3, -0.25) is 14.9 Å². The molecule has 162 valence electrons. The van der Waals surface area contributed by atoms with Crippen molar-refractivity contribution in [2.45, 2.75) is 19.6 Å². The van der Waals surface area contributed by atoms with Crippen LogP contribution >= 0.6 is 11.3 Å². The summed E-state index contributed by atoms with van der Waals surface area (Å²) in [6.07, 6.45) is 1.56. The van der Waals surface area contributed by atoms with Crippen molar-refractivity contribution in [3.05, 3.63) is 101 Å². The van der Waals surface area contributed by atoms with E-state index in [1.165, 1.54) is 17.6 Å². The highest BCUT2D eigenvalue weighted by Gasteiger charge is 2.13. The number of thiazole rings is 1. The zero-order chi connectivity index (χ0) is 22.2. The van der Waals surface area contributed by atoms with Crippen molar-refractivity contribution in [1.29, 1.82) is 0 Å². The lowest BCUT2D eigenvalue weighted by atomic mass is 10.2. The molecule has 0 spiro atoms. The molecular weight excluding hydrogens is 426 g/mol. The van der Waals surface area contributed by atoms with Crippen LogP contribution < -0.4 is 15.4 Å². The largest absolute Gasteiger partial charge is 0.489 e. The second-order valence-corrected chi connectivity index (χ2v) is 7.81. The zero-order valence-electron chi connectivity index (χ0n) is 17.1. The molecule has 0 unspecified atom stereocenters. The molecule has 2 amide bonds. The third kappa shape index (κ3) is 6.05. The number of benzene rings is 2. The molecule has 0 saturated heterocycles. The molecule has 0 bridgehead atoms. The normalized spacial score (nSPS) is 10.5. The Kier molecular flexibility index (Phi) is 6.94. The van der Waals surface area contributed by atoms with Crippen LogP contribution in [0.5, 0.6) is 5.75 Å². The van der Waals surface area contributed by atoms with Crippen molar-refractivity contribution in [3.63, 3.8) is 0 Å². The Morgan fingerprint density at radius 3 is 2.53 bits per heavy atom. The molecule has 0 saturated carbocycles. The van der Waals surface area contributed by atoms with Crippen LogP contribution in [0.15, 0.2) is 82.8 Å². The lowest BCUT2D eigenvalue weighted by Gasteiger charge is -2.08. The molecule has 2 N–H and O–H groups in total. The first-order chi connectivity index (χ1) is 15.7. The number of anilines is 1. The van der Waals surface area contributed by atoms with Crippen molar-refractivity contribution < 1.29 is 18.7 Å². The number of carbonyl (C=O) groups excluding carboxylic acids is 2. The number of hydrogen-bond acceptors (Lipinski definition) is 6. The highest BCUT2D eigenvalue weighted by atomic mass is 32.1. The predicted molar refractivity (Wildman–Crippen MR) is 122 cm³/mol. The molecule has 0 fully saturated rings.